The second-order valence-corrected chi connectivity index (χ2v) is 6.36. The van der Waals surface area contributed by atoms with Crippen molar-refractivity contribution in [2.45, 2.75) is 26.9 Å². The fourth-order valence-corrected chi connectivity index (χ4v) is 3.08. The van der Waals surface area contributed by atoms with Crippen LogP contribution in [-0.2, 0) is 0 Å². The Balaban J connectivity index is 0.00000124. The maximum absolute atomic E-state index is 5.63. The highest BCUT2D eigenvalue weighted by Gasteiger charge is 2.23. The van der Waals surface area contributed by atoms with Gasteiger partial charge >= 0.3 is 0 Å². The summed E-state index contributed by atoms with van der Waals surface area (Å²) >= 11 is 0. The third-order valence-corrected chi connectivity index (χ3v) is 4.54. The Kier molecular flexibility index (Phi) is 6.92. The number of aryl methyl sites for hydroxylation is 1. The zero-order valence-corrected chi connectivity index (χ0v) is 17.9. The van der Waals surface area contributed by atoms with Crippen LogP contribution in [0.25, 0.3) is 0 Å². The second-order valence-electron chi connectivity index (χ2n) is 6.36. The minimum atomic E-state index is -0.314. The minimum Gasteiger partial charge on any atom is -0.494 e. The lowest BCUT2D eigenvalue weighted by Gasteiger charge is -2.24. The highest BCUT2D eigenvalue weighted by molar-refractivity contribution is 5.71. The van der Waals surface area contributed by atoms with E-state index in [2.05, 4.69) is 25.7 Å². The van der Waals surface area contributed by atoms with Crippen LogP contribution in [0.3, 0.4) is 0 Å². The number of nitrogens with one attached hydrogen (secondary N) is 1. The average molecular weight is 406 g/mol. The highest BCUT2D eigenvalue weighted by atomic mass is 16.5. The van der Waals surface area contributed by atoms with E-state index in [0.717, 1.165) is 28.5 Å². The summed E-state index contributed by atoms with van der Waals surface area (Å²) < 4.78 is 5.63. The molecule has 4 rings (SSSR count). The van der Waals surface area contributed by atoms with Gasteiger partial charge in [-0.1, -0.05) is 31.2 Å². The SMILES string of the molecule is CC.COc1cc(N2N=NC(c3ccccn3)N2)ccc1N(C)c1ncccc1C. The first kappa shape index (κ1) is 21.2. The molecule has 1 N–H and O–H groups in total. The van der Waals surface area contributed by atoms with E-state index in [1.807, 2.05) is 81.2 Å². The molecule has 8 nitrogen and oxygen atoms in total. The second kappa shape index (κ2) is 9.80. The molecule has 0 saturated carbocycles. The maximum atomic E-state index is 5.63. The summed E-state index contributed by atoms with van der Waals surface area (Å²) in [6.45, 7) is 6.03. The molecule has 0 fully saturated rings. The van der Waals surface area contributed by atoms with Crippen LogP contribution in [0, 0.1) is 6.92 Å². The monoisotopic (exact) mass is 405 g/mol. The number of ether oxygens (including phenoxy) is 1. The van der Waals surface area contributed by atoms with Crippen molar-refractivity contribution in [2.24, 2.45) is 10.3 Å². The third-order valence-electron chi connectivity index (χ3n) is 4.54. The molecule has 0 saturated heterocycles. The van der Waals surface area contributed by atoms with Gasteiger partial charge in [-0.3, -0.25) is 4.98 Å². The summed E-state index contributed by atoms with van der Waals surface area (Å²) in [7, 11) is 3.62. The van der Waals surface area contributed by atoms with Gasteiger partial charge in [0, 0.05) is 25.5 Å². The summed E-state index contributed by atoms with van der Waals surface area (Å²) in [4.78, 5) is 10.8. The molecule has 1 aliphatic rings. The van der Waals surface area contributed by atoms with Crippen LogP contribution in [0.1, 0.15) is 31.3 Å². The van der Waals surface area contributed by atoms with Gasteiger partial charge < -0.3 is 9.64 Å². The van der Waals surface area contributed by atoms with Crippen LogP contribution in [0.2, 0.25) is 0 Å². The first-order chi connectivity index (χ1) is 14.7. The Morgan fingerprint density at radius 3 is 2.53 bits per heavy atom. The van der Waals surface area contributed by atoms with Gasteiger partial charge in [-0.2, -0.15) is 10.5 Å². The molecule has 0 aliphatic carbocycles. The van der Waals surface area contributed by atoms with Crippen molar-refractivity contribution in [1.82, 2.24) is 15.4 Å². The van der Waals surface area contributed by atoms with Crippen LogP contribution >= 0.6 is 0 Å². The molecule has 3 aromatic rings. The van der Waals surface area contributed by atoms with Crippen molar-refractivity contribution in [3.8, 4) is 5.75 Å². The summed E-state index contributed by atoms with van der Waals surface area (Å²) in [6, 6.07) is 15.5. The Hall–Kier alpha value is -3.52. The third kappa shape index (κ3) is 4.38. The van der Waals surface area contributed by atoms with Gasteiger partial charge in [0.15, 0.2) is 6.17 Å². The number of rotatable bonds is 5. The molecular weight excluding hydrogens is 378 g/mol. The van der Waals surface area contributed by atoms with E-state index in [0.29, 0.717) is 5.75 Å². The smallest absolute Gasteiger partial charge is 0.183 e. The Labute approximate surface area is 177 Å². The quantitative estimate of drug-likeness (QED) is 0.645. The number of nitrogens with zero attached hydrogens (tertiary/aromatic N) is 6. The van der Waals surface area contributed by atoms with Gasteiger partial charge in [0.1, 0.15) is 11.6 Å². The number of hydrogen-bond acceptors (Lipinski definition) is 8. The fourth-order valence-electron chi connectivity index (χ4n) is 3.08. The molecule has 0 spiro atoms. The van der Waals surface area contributed by atoms with Crippen molar-refractivity contribution in [3.05, 3.63) is 72.2 Å². The number of hydrogen-bond donors (Lipinski definition) is 1. The summed E-state index contributed by atoms with van der Waals surface area (Å²) in [5, 5.41) is 10.1. The Morgan fingerprint density at radius 1 is 1.03 bits per heavy atom. The maximum Gasteiger partial charge on any atom is 0.183 e. The van der Waals surface area contributed by atoms with Gasteiger partial charge in [-0.15, -0.1) is 5.11 Å². The molecular formula is C22H27N7O. The van der Waals surface area contributed by atoms with Crippen molar-refractivity contribution in [3.63, 3.8) is 0 Å². The topological polar surface area (TPSA) is 78.2 Å². The first-order valence-corrected chi connectivity index (χ1v) is 9.89. The van der Waals surface area contributed by atoms with Gasteiger partial charge in [-0.05, 0) is 42.8 Å². The number of pyridine rings is 2. The molecule has 2 aromatic heterocycles. The van der Waals surface area contributed by atoms with Crippen LogP contribution in [0.15, 0.2) is 71.3 Å². The van der Waals surface area contributed by atoms with Crippen molar-refractivity contribution in [2.75, 3.05) is 24.2 Å². The van der Waals surface area contributed by atoms with Crippen molar-refractivity contribution >= 4 is 17.2 Å². The van der Waals surface area contributed by atoms with E-state index in [4.69, 9.17) is 4.74 Å². The molecule has 0 amide bonds. The number of benzene rings is 1. The minimum absolute atomic E-state index is 0.314. The van der Waals surface area contributed by atoms with E-state index in [-0.39, 0.29) is 6.17 Å². The Morgan fingerprint density at radius 2 is 1.83 bits per heavy atom. The summed E-state index contributed by atoms with van der Waals surface area (Å²) in [5.74, 6) is 1.59. The molecule has 8 heteroatoms. The molecule has 3 heterocycles. The van der Waals surface area contributed by atoms with Crippen LogP contribution in [-0.4, -0.2) is 24.1 Å². The normalized spacial score (nSPS) is 14.8. The van der Waals surface area contributed by atoms with Crippen LogP contribution in [0.5, 0.6) is 5.75 Å². The lowest BCUT2D eigenvalue weighted by atomic mass is 10.2. The predicted molar refractivity (Wildman–Crippen MR) is 119 cm³/mol. The van der Waals surface area contributed by atoms with E-state index in [1.54, 1.807) is 24.6 Å². The molecule has 1 aromatic carbocycles. The standard InChI is InChI=1S/C20H21N7O.C2H6/c1-14-7-6-12-22-20(14)26(2)17-10-9-15(13-18(17)28-3)27-24-19(23-25-27)16-8-4-5-11-21-16;1-2/h4-13,19,24H,1-3H3;1-2H3. The lowest BCUT2D eigenvalue weighted by molar-refractivity contribution is 0.415. The molecule has 1 atom stereocenters. The van der Waals surface area contributed by atoms with Crippen molar-refractivity contribution in [1.29, 1.82) is 0 Å². The number of anilines is 3. The Bertz CT molecular complexity index is 994. The molecule has 1 unspecified atom stereocenters. The largest absolute Gasteiger partial charge is 0.494 e. The lowest BCUT2D eigenvalue weighted by Crippen LogP contribution is -2.31. The number of aromatic nitrogens is 2. The average Bonchev–Trinajstić information content (AvgIpc) is 3.31. The van der Waals surface area contributed by atoms with E-state index in [1.165, 1.54) is 0 Å². The molecule has 30 heavy (non-hydrogen) atoms. The van der Waals surface area contributed by atoms with Gasteiger partial charge in [0.25, 0.3) is 0 Å². The molecule has 0 radical (unpaired) electrons. The van der Waals surface area contributed by atoms with E-state index < -0.39 is 0 Å². The number of hydrazine groups is 1. The molecule has 0 bridgehead atoms. The predicted octanol–water partition coefficient (Wildman–Crippen LogP) is 4.98. The van der Waals surface area contributed by atoms with Crippen LogP contribution < -0.4 is 20.2 Å². The fraction of sp³-hybridized carbons (Fsp3) is 0.273. The summed E-state index contributed by atoms with van der Waals surface area (Å²) in [5.41, 5.74) is 6.84. The van der Waals surface area contributed by atoms with E-state index >= 15 is 0 Å². The zero-order valence-electron chi connectivity index (χ0n) is 17.9. The van der Waals surface area contributed by atoms with Crippen molar-refractivity contribution < 1.29 is 4.74 Å². The van der Waals surface area contributed by atoms with Crippen LogP contribution in [0.4, 0.5) is 17.2 Å². The van der Waals surface area contributed by atoms with Gasteiger partial charge in [0.2, 0.25) is 0 Å². The number of methoxy groups -OCH3 is 1. The highest BCUT2D eigenvalue weighted by Crippen LogP contribution is 2.36. The summed E-state index contributed by atoms with van der Waals surface area (Å²) in [6.07, 6.45) is 3.21. The van der Waals surface area contributed by atoms with E-state index in [9.17, 15) is 0 Å². The van der Waals surface area contributed by atoms with Gasteiger partial charge in [-0.25, -0.2) is 4.98 Å². The molecule has 1 aliphatic heterocycles. The van der Waals surface area contributed by atoms with Gasteiger partial charge in [0.05, 0.1) is 24.2 Å². The molecule has 156 valence electrons. The zero-order chi connectivity index (χ0) is 21.5. The first-order valence-electron chi connectivity index (χ1n) is 9.89.